The van der Waals surface area contributed by atoms with Crippen LogP contribution in [-0.2, 0) is 9.59 Å². The molecule has 0 atom stereocenters. The van der Waals surface area contributed by atoms with Crippen molar-refractivity contribution in [1.29, 1.82) is 0 Å². The van der Waals surface area contributed by atoms with E-state index < -0.39 is 11.5 Å². The van der Waals surface area contributed by atoms with E-state index in [1.54, 1.807) is 0 Å². The molecule has 0 aromatic carbocycles. The van der Waals surface area contributed by atoms with E-state index in [9.17, 15) is 14.7 Å². The summed E-state index contributed by atoms with van der Waals surface area (Å²) in [5.74, 6) is -0.857. The van der Waals surface area contributed by atoms with E-state index in [1.165, 1.54) is 6.92 Å². The summed E-state index contributed by atoms with van der Waals surface area (Å²) < 4.78 is 0. The minimum absolute atomic E-state index is 0.0881. The van der Waals surface area contributed by atoms with Crippen LogP contribution in [0.3, 0.4) is 0 Å². The molecular formula is C11H20N2O3. The summed E-state index contributed by atoms with van der Waals surface area (Å²) in [7, 11) is 0. The molecule has 1 aliphatic rings. The standard InChI is InChI=1S/C11H20N2O3/c1-9(14)12-7-8-13-11(10(15)16)5-3-2-4-6-11/h13H,2-8H2,1H3,(H,12,14)(H,15,16). The van der Waals surface area contributed by atoms with Gasteiger partial charge in [-0.25, -0.2) is 0 Å². The minimum Gasteiger partial charge on any atom is -0.480 e. The second kappa shape index (κ2) is 5.84. The Balaban J connectivity index is 2.39. The number of amides is 1. The molecule has 0 aliphatic heterocycles. The Morgan fingerprint density at radius 2 is 1.81 bits per heavy atom. The molecule has 1 fully saturated rings. The summed E-state index contributed by atoms with van der Waals surface area (Å²) in [6.45, 7) is 2.43. The zero-order valence-corrected chi connectivity index (χ0v) is 9.71. The number of carboxylic acids is 1. The maximum absolute atomic E-state index is 11.3. The van der Waals surface area contributed by atoms with Gasteiger partial charge in [-0.2, -0.15) is 0 Å². The van der Waals surface area contributed by atoms with E-state index in [4.69, 9.17) is 0 Å². The van der Waals surface area contributed by atoms with Crippen molar-refractivity contribution < 1.29 is 14.7 Å². The van der Waals surface area contributed by atoms with Gasteiger partial charge < -0.3 is 15.7 Å². The normalized spacial score (nSPS) is 19.1. The van der Waals surface area contributed by atoms with Gasteiger partial charge in [-0.15, -0.1) is 0 Å². The monoisotopic (exact) mass is 228 g/mol. The van der Waals surface area contributed by atoms with Crippen molar-refractivity contribution in [2.24, 2.45) is 0 Å². The van der Waals surface area contributed by atoms with Gasteiger partial charge in [0.1, 0.15) is 5.54 Å². The van der Waals surface area contributed by atoms with Crippen molar-refractivity contribution in [2.75, 3.05) is 13.1 Å². The Morgan fingerprint density at radius 1 is 1.19 bits per heavy atom. The molecule has 92 valence electrons. The van der Waals surface area contributed by atoms with E-state index in [1.807, 2.05) is 0 Å². The minimum atomic E-state index is -0.768. The summed E-state index contributed by atoms with van der Waals surface area (Å²) in [5.41, 5.74) is -0.767. The summed E-state index contributed by atoms with van der Waals surface area (Å²) in [5, 5.41) is 15.0. The van der Waals surface area contributed by atoms with E-state index in [0.29, 0.717) is 25.9 Å². The maximum atomic E-state index is 11.3. The van der Waals surface area contributed by atoms with Gasteiger partial charge in [0.15, 0.2) is 0 Å². The van der Waals surface area contributed by atoms with Crippen LogP contribution in [0.5, 0.6) is 0 Å². The van der Waals surface area contributed by atoms with Gasteiger partial charge in [-0.05, 0) is 12.8 Å². The first-order chi connectivity index (χ1) is 7.57. The zero-order valence-electron chi connectivity index (χ0n) is 9.71. The van der Waals surface area contributed by atoms with Gasteiger partial charge in [-0.3, -0.25) is 9.59 Å². The van der Waals surface area contributed by atoms with Gasteiger partial charge >= 0.3 is 5.97 Å². The van der Waals surface area contributed by atoms with Crippen molar-refractivity contribution in [1.82, 2.24) is 10.6 Å². The quantitative estimate of drug-likeness (QED) is 0.599. The van der Waals surface area contributed by atoms with Crippen LogP contribution in [0, 0.1) is 0 Å². The molecule has 1 saturated carbocycles. The lowest BCUT2D eigenvalue weighted by molar-refractivity contribution is -0.146. The smallest absolute Gasteiger partial charge is 0.323 e. The second-order valence-corrected chi connectivity index (χ2v) is 4.36. The third-order valence-electron chi connectivity index (χ3n) is 3.08. The van der Waals surface area contributed by atoms with E-state index in [-0.39, 0.29) is 5.91 Å². The fraction of sp³-hybridized carbons (Fsp3) is 0.818. The highest BCUT2D eigenvalue weighted by Gasteiger charge is 2.38. The number of carbonyl (C=O) groups is 2. The van der Waals surface area contributed by atoms with Gasteiger partial charge in [0, 0.05) is 20.0 Å². The molecule has 1 aliphatic carbocycles. The molecule has 5 nitrogen and oxygen atoms in total. The summed E-state index contributed by atoms with van der Waals surface area (Å²) in [4.78, 5) is 21.9. The van der Waals surface area contributed by atoms with Crippen LogP contribution < -0.4 is 10.6 Å². The third-order valence-corrected chi connectivity index (χ3v) is 3.08. The average molecular weight is 228 g/mol. The van der Waals surface area contributed by atoms with Gasteiger partial charge in [0.05, 0.1) is 0 Å². The Morgan fingerprint density at radius 3 is 2.31 bits per heavy atom. The molecule has 1 rings (SSSR count). The molecule has 16 heavy (non-hydrogen) atoms. The predicted molar refractivity (Wildman–Crippen MR) is 60.1 cm³/mol. The predicted octanol–water partition coefficient (Wildman–Crippen LogP) is 0.500. The average Bonchev–Trinajstić information content (AvgIpc) is 2.25. The second-order valence-electron chi connectivity index (χ2n) is 4.36. The molecular weight excluding hydrogens is 208 g/mol. The SMILES string of the molecule is CC(=O)NCCNC1(C(=O)O)CCCCC1. The van der Waals surface area contributed by atoms with Crippen LogP contribution in [0.2, 0.25) is 0 Å². The largest absolute Gasteiger partial charge is 0.480 e. The van der Waals surface area contributed by atoms with Crippen molar-refractivity contribution in [3.63, 3.8) is 0 Å². The van der Waals surface area contributed by atoms with Crippen LogP contribution >= 0.6 is 0 Å². The van der Waals surface area contributed by atoms with Gasteiger partial charge in [0.2, 0.25) is 5.91 Å². The molecule has 0 saturated heterocycles. The number of hydrogen-bond donors (Lipinski definition) is 3. The van der Waals surface area contributed by atoms with Gasteiger partial charge in [0.25, 0.3) is 0 Å². The molecule has 5 heteroatoms. The number of carbonyl (C=O) groups excluding carboxylic acids is 1. The summed E-state index contributed by atoms with van der Waals surface area (Å²) >= 11 is 0. The molecule has 0 aromatic rings. The number of carboxylic acid groups (broad SMARTS) is 1. The number of rotatable bonds is 5. The topological polar surface area (TPSA) is 78.4 Å². The van der Waals surface area contributed by atoms with Crippen molar-refractivity contribution >= 4 is 11.9 Å². The molecule has 0 radical (unpaired) electrons. The third kappa shape index (κ3) is 3.48. The number of nitrogens with one attached hydrogen (secondary N) is 2. The first kappa shape index (κ1) is 13.0. The van der Waals surface area contributed by atoms with E-state index in [0.717, 1.165) is 19.3 Å². The van der Waals surface area contributed by atoms with E-state index in [2.05, 4.69) is 10.6 Å². The molecule has 3 N–H and O–H groups in total. The molecule has 0 aromatic heterocycles. The Hall–Kier alpha value is -1.10. The number of hydrogen-bond acceptors (Lipinski definition) is 3. The molecule has 0 unspecified atom stereocenters. The zero-order chi connectivity index (χ0) is 12.0. The first-order valence-electron chi connectivity index (χ1n) is 5.80. The van der Waals surface area contributed by atoms with E-state index >= 15 is 0 Å². The fourth-order valence-electron chi connectivity index (χ4n) is 2.16. The fourth-order valence-corrected chi connectivity index (χ4v) is 2.16. The molecule has 0 heterocycles. The Kier molecular flexibility index (Phi) is 4.73. The molecule has 0 spiro atoms. The van der Waals surface area contributed by atoms with Gasteiger partial charge in [-0.1, -0.05) is 19.3 Å². The molecule has 0 bridgehead atoms. The molecule has 1 amide bonds. The van der Waals surface area contributed by atoms with Crippen LogP contribution in [0.15, 0.2) is 0 Å². The van der Waals surface area contributed by atoms with Crippen molar-refractivity contribution in [3.8, 4) is 0 Å². The Labute approximate surface area is 95.6 Å². The lowest BCUT2D eigenvalue weighted by atomic mass is 9.81. The van der Waals surface area contributed by atoms with Crippen molar-refractivity contribution in [2.45, 2.75) is 44.6 Å². The van der Waals surface area contributed by atoms with Crippen LogP contribution in [0.25, 0.3) is 0 Å². The Bertz CT molecular complexity index is 260. The highest BCUT2D eigenvalue weighted by Crippen LogP contribution is 2.28. The van der Waals surface area contributed by atoms with Crippen LogP contribution in [0.1, 0.15) is 39.0 Å². The number of aliphatic carboxylic acids is 1. The lowest BCUT2D eigenvalue weighted by Crippen LogP contribution is -2.54. The summed E-state index contributed by atoms with van der Waals surface area (Å²) in [6.07, 6.45) is 4.39. The van der Waals surface area contributed by atoms with Crippen molar-refractivity contribution in [3.05, 3.63) is 0 Å². The van der Waals surface area contributed by atoms with Crippen LogP contribution in [-0.4, -0.2) is 35.6 Å². The lowest BCUT2D eigenvalue weighted by Gasteiger charge is -2.34. The van der Waals surface area contributed by atoms with Crippen LogP contribution in [0.4, 0.5) is 0 Å². The maximum Gasteiger partial charge on any atom is 0.323 e. The highest BCUT2D eigenvalue weighted by atomic mass is 16.4. The first-order valence-corrected chi connectivity index (χ1v) is 5.80. The highest BCUT2D eigenvalue weighted by molar-refractivity contribution is 5.79. The summed E-state index contributed by atoms with van der Waals surface area (Å²) in [6, 6.07) is 0.